The van der Waals surface area contributed by atoms with Crippen LogP contribution in [0.4, 0.5) is 10.2 Å². The predicted octanol–water partition coefficient (Wildman–Crippen LogP) is 5.91. The monoisotopic (exact) mass is 481 g/mol. The molecule has 8 heteroatoms. The topological polar surface area (TPSA) is 68.6 Å². The molecule has 6 nitrogen and oxygen atoms in total. The zero-order valence-corrected chi connectivity index (χ0v) is 20.3. The van der Waals surface area contributed by atoms with Crippen LogP contribution in [0, 0.1) is 5.82 Å². The van der Waals surface area contributed by atoms with Gasteiger partial charge >= 0.3 is 0 Å². The van der Waals surface area contributed by atoms with Crippen LogP contribution in [0.3, 0.4) is 0 Å². The van der Waals surface area contributed by atoms with E-state index in [-0.39, 0.29) is 34.9 Å². The Labute approximate surface area is 202 Å². The average molecular weight is 482 g/mol. The minimum Gasteiger partial charge on any atom is -0.489 e. The number of thioether (sulfide) groups is 1. The zero-order valence-electron chi connectivity index (χ0n) is 19.5. The molecule has 0 spiro atoms. The summed E-state index contributed by atoms with van der Waals surface area (Å²) in [5, 5.41) is 3.70. The Hall–Kier alpha value is -2.84. The summed E-state index contributed by atoms with van der Waals surface area (Å²) in [4.78, 5) is 18.0. The molecule has 1 aromatic heterocycles. The van der Waals surface area contributed by atoms with Crippen molar-refractivity contribution in [3.63, 3.8) is 0 Å². The van der Waals surface area contributed by atoms with Crippen molar-refractivity contribution in [3.8, 4) is 5.75 Å². The number of rotatable bonds is 5. The Morgan fingerprint density at radius 1 is 1.26 bits per heavy atom. The Morgan fingerprint density at radius 3 is 2.88 bits per heavy atom. The number of ether oxygens (including phenoxy) is 2. The van der Waals surface area contributed by atoms with Gasteiger partial charge in [0.25, 0.3) is 5.56 Å². The molecule has 2 atom stereocenters. The van der Waals surface area contributed by atoms with Crippen molar-refractivity contribution in [2.24, 2.45) is 4.99 Å². The number of nitrogens with zero attached hydrogens (tertiary/aromatic N) is 2. The quantitative estimate of drug-likeness (QED) is 0.492. The fraction of sp³-hybridized carbons (Fsp3) is 0.385. The van der Waals surface area contributed by atoms with Crippen LogP contribution in [0.1, 0.15) is 61.6 Å². The van der Waals surface area contributed by atoms with Crippen LogP contribution in [-0.4, -0.2) is 27.0 Å². The van der Waals surface area contributed by atoms with Gasteiger partial charge in [-0.1, -0.05) is 42.1 Å². The number of hydrogen-bond acceptors (Lipinski definition) is 5. The molecular weight excluding hydrogens is 453 g/mol. The van der Waals surface area contributed by atoms with Crippen LogP contribution >= 0.6 is 11.8 Å². The molecule has 3 aromatic rings. The lowest BCUT2D eigenvalue weighted by atomic mass is 9.94. The fourth-order valence-corrected chi connectivity index (χ4v) is 5.86. The summed E-state index contributed by atoms with van der Waals surface area (Å²) in [6.45, 7) is 7.00. The highest BCUT2D eigenvalue weighted by molar-refractivity contribution is 8.14. The minimum absolute atomic E-state index is 0.111. The van der Waals surface area contributed by atoms with E-state index in [1.807, 2.05) is 41.9 Å². The number of para-hydroxylation sites is 1. The second-order valence-electron chi connectivity index (χ2n) is 9.39. The van der Waals surface area contributed by atoms with Gasteiger partial charge in [0.05, 0.1) is 27.5 Å². The summed E-state index contributed by atoms with van der Waals surface area (Å²) < 4.78 is 27.5. The van der Waals surface area contributed by atoms with Crippen molar-refractivity contribution in [3.05, 3.63) is 81.4 Å². The third kappa shape index (κ3) is 4.57. The maximum atomic E-state index is 13.6. The lowest BCUT2D eigenvalue weighted by molar-refractivity contribution is -0.0705. The van der Waals surface area contributed by atoms with Gasteiger partial charge in [0.1, 0.15) is 18.2 Å². The van der Waals surface area contributed by atoms with Crippen LogP contribution in [0.25, 0.3) is 0 Å². The predicted molar refractivity (Wildman–Crippen MR) is 133 cm³/mol. The van der Waals surface area contributed by atoms with Gasteiger partial charge in [-0.15, -0.1) is 0 Å². The van der Waals surface area contributed by atoms with E-state index in [1.54, 1.807) is 17.8 Å². The molecule has 0 unspecified atom stereocenters. The number of benzene rings is 2. The van der Waals surface area contributed by atoms with Crippen LogP contribution in [-0.2, 0) is 11.3 Å². The highest BCUT2D eigenvalue weighted by Crippen LogP contribution is 2.47. The average Bonchev–Trinajstić information content (AvgIpc) is 3.13. The van der Waals surface area contributed by atoms with E-state index < -0.39 is 0 Å². The van der Waals surface area contributed by atoms with Crippen LogP contribution in [0.2, 0.25) is 0 Å². The molecule has 1 N–H and O–H groups in total. The first-order chi connectivity index (χ1) is 16.3. The van der Waals surface area contributed by atoms with E-state index in [0.29, 0.717) is 23.7 Å². The van der Waals surface area contributed by atoms with Crippen molar-refractivity contribution < 1.29 is 13.9 Å². The molecule has 0 radical (unpaired) electrons. The SMILES string of the molecule is CC1=Nc2c(c(=O)[nH]n2[C@H]2CCOC(C)(C)C2)[C@H](c2ccccc2OCc2cccc(F)c2)S1. The number of halogens is 1. The van der Waals surface area contributed by atoms with E-state index in [2.05, 4.69) is 18.9 Å². The highest BCUT2D eigenvalue weighted by atomic mass is 32.2. The minimum atomic E-state index is -0.294. The van der Waals surface area contributed by atoms with Gasteiger partial charge in [-0.3, -0.25) is 14.6 Å². The van der Waals surface area contributed by atoms with Gasteiger partial charge in [0, 0.05) is 12.2 Å². The van der Waals surface area contributed by atoms with Crippen molar-refractivity contribution in [2.45, 2.75) is 57.1 Å². The molecule has 0 amide bonds. The number of aromatic amines is 1. The Bertz CT molecular complexity index is 1300. The summed E-state index contributed by atoms with van der Waals surface area (Å²) in [5.41, 5.74) is 1.90. The number of hydrogen-bond donors (Lipinski definition) is 1. The number of aromatic nitrogens is 2. The number of nitrogens with one attached hydrogen (secondary N) is 1. The van der Waals surface area contributed by atoms with Gasteiger partial charge in [0.2, 0.25) is 0 Å². The zero-order chi connectivity index (χ0) is 23.9. The lowest BCUT2D eigenvalue weighted by Gasteiger charge is -2.36. The van der Waals surface area contributed by atoms with Crippen molar-refractivity contribution >= 4 is 22.6 Å². The molecule has 178 valence electrons. The van der Waals surface area contributed by atoms with Crippen LogP contribution in [0.5, 0.6) is 5.75 Å². The Kier molecular flexibility index (Phi) is 6.12. The van der Waals surface area contributed by atoms with Crippen molar-refractivity contribution in [2.75, 3.05) is 6.61 Å². The molecule has 0 aliphatic carbocycles. The third-order valence-corrected chi connectivity index (χ3v) is 7.43. The summed E-state index contributed by atoms with van der Waals surface area (Å²) in [6, 6.07) is 14.2. The number of H-pyrrole nitrogens is 1. The largest absolute Gasteiger partial charge is 0.489 e. The maximum Gasteiger partial charge on any atom is 0.271 e. The molecule has 2 aliphatic heterocycles. The molecule has 0 saturated carbocycles. The van der Waals surface area contributed by atoms with Gasteiger partial charge in [0.15, 0.2) is 5.82 Å². The summed E-state index contributed by atoms with van der Waals surface area (Å²) >= 11 is 1.55. The summed E-state index contributed by atoms with van der Waals surface area (Å²) in [7, 11) is 0. The molecule has 5 rings (SSSR count). The molecule has 2 aliphatic rings. The van der Waals surface area contributed by atoms with E-state index >= 15 is 0 Å². The van der Waals surface area contributed by atoms with E-state index in [4.69, 9.17) is 14.5 Å². The maximum absolute atomic E-state index is 13.6. The highest BCUT2D eigenvalue weighted by Gasteiger charge is 2.36. The first-order valence-corrected chi connectivity index (χ1v) is 12.4. The molecule has 0 bridgehead atoms. The molecule has 1 fully saturated rings. The number of fused-ring (bicyclic) bond motifs is 1. The summed E-state index contributed by atoms with van der Waals surface area (Å²) in [5.74, 6) is 1.07. The first kappa shape index (κ1) is 22.9. The number of aliphatic imine (C=N–C) groups is 1. The van der Waals surface area contributed by atoms with E-state index in [0.717, 1.165) is 29.0 Å². The molecule has 2 aromatic carbocycles. The van der Waals surface area contributed by atoms with Gasteiger partial charge in [-0.2, -0.15) is 0 Å². The Balaban J connectivity index is 1.50. The van der Waals surface area contributed by atoms with E-state index in [1.165, 1.54) is 12.1 Å². The van der Waals surface area contributed by atoms with Crippen LogP contribution in [0.15, 0.2) is 58.3 Å². The lowest BCUT2D eigenvalue weighted by Crippen LogP contribution is -2.35. The Morgan fingerprint density at radius 2 is 2.09 bits per heavy atom. The normalized spacial score (nSPS) is 21.6. The van der Waals surface area contributed by atoms with Gasteiger partial charge in [-0.25, -0.2) is 9.38 Å². The molecule has 1 saturated heterocycles. The fourth-order valence-electron chi connectivity index (χ4n) is 4.73. The van der Waals surface area contributed by atoms with E-state index in [9.17, 15) is 9.18 Å². The molecule has 3 heterocycles. The smallest absolute Gasteiger partial charge is 0.271 e. The van der Waals surface area contributed by atoms with Gasteiger partial charge < -0.3 is 9.47 Å². The van der Waals surface area contributed by atoms with Gasteiger partial charge in [-0.05, 0) is 57.4 Å². The van der Waals surface area contributed by atoms with Crippen molar-refractivity contribution in [1.82, 2.24) is 9.78 Å². The summed E-state index contributed by atoms with van der Waals surface area (Å²) in [6.07, 6.45) is 1.62. The third-order valence-electron chi connectivity index (χ3n) is 6.27. The van der Waals surface area contributed by atoms with Crippen molar-refractivity contribution in [1.29, 1.82) is 0 Å². The standard InChI is InChI=1S/C26H28FN3O3S/c1-16-28-24-22(25(31)29-30(24)19-11-12-33-26(2,3)14-19)23(34-16)20-9-4-5-10-21(20)32-15-17-7-6-8-18(27)13-17/h4-10,13,19,23H,11-12,14-15H2,1-3H3,(H,29,31)/t19-,23-/m0/s1. The second kappa shape index (κ2) is 9.07. The van der Waals surface area contributed by atoms with Crippen LogP contribution < -0.4 is 10.3 Å². The first-order valence-electron chi connectivity index (χ1n) is 11.5. The molecule has 34 heavy (non-hydrogen) atoms. The molecular formula is C26H28FN3O3S. The second-order valence-corrected chi connectivity index (χ2v) is 10.7.